The number of pyridine rings is 1. The Labute approximate surface area is 320 Å². The SMILES string of the molecule is Cc1cc(C)c(-c2cc(-c3ccccc3)cc3c2[n-]c2ccc(-c4ccccc4)cc23)[c-]c1-c1[c-]c(-c2ccccn2)cc(-c2ccccc2)c1.[Au+3]. The number of benzene rings is 7. The third-order valence-corrected chi connectivity index (χ3v) is 9.77. The van der Waals surface area contributed by atoms with Crippen molar-refractivity contribution in [2.75, 3.05) is 0 Å². The summed E-state index contributed by atoms with van der Waals surface area (Å²) in [5.74, 6) is 0. The van der Waals surface area contributed by atoms with Crippen LogP contribution in [-0.4, -0.2) is 4.98 Å². The molecule has 0 spiro atoms. The van der Waals surface area contributed by atoms with Gasteiger partial charge in [0, 0.05) is 11.9 Å². The quantitative estimate of drug-likeness (QED) is 0.123. The number of fused-ring (bicyclic) bond motifs is 3. The van der Waals surface area contributed by atoms with Gasteiger partial charge in [-0.15, -0.1) is 39.9 Å². The summed E-state index contributed by atoms with van der Waals surface area (Å²) in [5.41, 5.74) is 17.2. The average molecular weight is 847 g/mol. The van der Waals surface area contributed by atoms with E-state index in [0.717, 1.165) is 83.1 Å². The Balaban J connectivity index is 0.00000387. The van der Waals surface area contributed by atoms with Gasteiger partial charge in [0.15, 0.2) is 0 Å². The van der Waals surface area contributed by atoms with Gasteiger partial charge in [-0.05, 0) is 56.8 Å². The van der Waals surface area contributed by atoms with Crippen LogP contribution in [0.5, 0.6) is 0 Å². The second kappa shape index (κ2) is 14.1. The molecule has 7 aromatic carbocycles. The average Bonchev–Trinajstić information content (AvgIpc) is 3.57. The van der Waals surface area contributed by atoms with E-state index in [1.165, 1.54) is 16.7 Å². The zero-order valence-corrected chi connectivity index (χ0v) is 31.0. The van der Waals surface area contributed by atoms with Crippen LogP contribution in [0, 0.1) is 26.0 Å². The van der Waals surface area contributed by atoms with Crippen molar-refractivity contribution in [2.24, 2.45) is 0 Å². The molecule has 0 N–H and O–H groups in total. The van der Waals surface area contributed by atoms with Crippen molar-refractivity contribution in [3.8, 4) is 66.9 Å². The van der Waals surface area contributed by atoms with Gasteiger partial charge >= 0.3 is 22.4 Å². The molecule has 0 bridgehead atoms. The molecule has 0 atom stereocenters. The molecule has 250 valence electrons. The minimum absolute atomic E-state index is 0. The molecule has 0 aliphatic rings. The maximum atomic E-state index is 5.30. The minimum atomic E-state index is 0. The van der Waals surface area contributed by atoms with Gasteiger partial charge in [-0.3, -0.25) is 4.98 Å². The molecule has 2 nitrogen and oxygen atoms in total. The molecule has 0 aliphatic heterocycles. The van der Waals surface area contributed by atoms with Crippen LogP contribution in [0.25, 0.3) is 88.7 Å². The summed E-state index contributed by atoms with van der Waals surface area (Å²) in [6.07, 6.45) is 1.84. The Morgan fingerprint density at radius 3 is 1.69 bits per heavy atom. The fourth-order valence-corrected chi connectivity index (χ4v) is 7.24. The maximum absolute atomic E-state index is 5.30. The molecule has 3 heteroatoms. The van der Waals surface area contributed by atoms with Crippen molar-refractivity contribution in [3.63, 3.8) is 0 Å². The Hall–Kier alpha value is -5.77. The van der Waals surface area contributed by atoms with Crippen LogP contribution in [-0.2, 0) is 22.4 Å². The van der Waals surface area contributed by atoms with Crippen LogP contribution in [0.3, 0.4) is 0 Å². The summed E-state index contributed by atoms with van der Waals surface area (Å²) in [5, 5.41) is 2.29. The summed E-state index contributed by atoms with van der Waals surface area (Å²) < 4.78 is 0. The molecule has 9 rings (SSSR count). The second-order valence-electron chi connectivity index (χ2n) is 13.2. The number of aryl methyl sites for hydroxylation is 2. The van der Waals surface area contributed by atoms with Crippen molar-refractivity contribution >= 4 is 21.8 Å². The van der Waals surface area contributed by atoms with Crippen LogP contribution in [0.2, 0.25) is 0 Å². The van der Waals surface area contributed by atoms with Crippen molar-refractivity contribution in [1.82, 2.24) is 9.97 Å². The summed E-state index contributed by atoms with van der Waals surface area (Å²) >= 11 is 0. The van der Waals surface area contributed by atoms with E-state index in [0.29, 0.717) is 0 Å². The van der Waals surface area contributed by atoms with E-state index in [1.807, 2.05) is 24.4 Å². The zero-order valence-electron chi connectivity index (χ0n) is 28.8. The van der Waals surface area contributed by atoms with Gasteiger partial charge in [-0.1, -0.05) is 146 Å². The molecule has 2 heterocycles. The van der Waals surface area contributed by atoms with Crippen LogP contribution < -0.4 is 4.98 Å². The van der Waals surface area contributed by atoms with E-state index in [2.05, 4.69) is 170 Å². The first-order valence-electron chi connectivity index (χ1n) is 17.3. The number of hydrogen-bond acceptors (Lipinski definition) is 1. The summed E-state index contributed by atoms with van der Waals surface area (Å²) in [7, 11) is 0. The van der Waals surface area contributed by atoms with E-state index >= 15 is 0 Å². The molecular formula is C49H33AuN2. The van der Waals surface area contributed by atoms with Gasteiger partial charge in [0.05, 0.1) is 0 Å². The predicted octanol–water partition coefficient (Wildman–Crippen LogP) is 12.6. The number of aromatic nitrogens is 2. The Bertz CT molecular complexity index is 2620. The van der Waals surface area contributed by atoms with Crippen molar-refractivity contribution in [2.45, 2.75) is 13.8 Å². The number of rotatable bonds is 6. The van der Waals surface area contributed by atoms with Crippen molar-refractivity contribution in [3.05, 3.63) is 187 Å². The molecule has 0 fully saturated rings. The summed E-state index contributed by atoms with van der Waals surface area (Å²) in [6.45, 7) is 4.35. The van der Waals surface area contributed by atoms with Crippen LogP contribution >= 0.6 is 0 Å². The first kappa shape index (κ1) is 33.4. The van der Waals surface area contributed by atoms with Crippen LogP contribution in [0.15, 0.2) is 164 Å². The number of nitrogens with zero attached hydrogens (tertiary/aromatic N) is 2. The van der Waals surface area contributed by atoms with E-state index in [4.69, 9.17) is 4.98 Å². The van der Waals surface area contributed by atoms with Crippen molar-refractivity contribution < 1.29 is 22.4 Å². The molecule has 0 aliphatic carbocycles. The monoisotopic (exact) mass is 846 g/mol. The molecular weight excluding hydrogens is 814 g/mol. The molecule has 0 radical (unpaired) electrons. The molecule has 0 amide bonds. The van der Waals surface area contributed by atoms with Gasteiger partial charge in [-0.25, -0.2) is 0 Å². The maximum Gasteiger partial charge on any atom is 3.00 e. The van der Waals surface area contributed by atoms with Crippen molar-refractivity contribution in [1.29, 1.82) is 0 Å². The third-order valence-electron chi connectivity index (χ3n) is 9.77. The molecule has 0 saturated carbocycles. The van der Waals surface area contributed by atoms with E-state index in [1.54, 1.807) is 0 Å². The van der Waals surface area contributed by atoms with Gasteiger partial charge in [0.2, 0.25) is 0 Å². The van der Waals surface area contributed by atoms with Gasteiger partial charge in [-0.2, -0.15) is 34.8 Å². The third kappa shape index (κ3) is 6.23. The normalized spacial score (nSPS) is 11.1. The smallest absolute Gasteiger partial charge is 0.663 e. The zero-order chi connectivity index (χ0) is 34.3. The molecule has 2 aromatic heterocycles. The topological polar surface area (TPSA) is 27.0 Å². The predicted molar refractivity (Wildman–Crippen MR) is 212 cm³/mol. The van der Waals surface area contributed by atoms with E-state index in [9.17, 15) is 0 Å². The van der Waals surface area contributed by atoms with E-state index in [-0.39, 0.29) is 22.4 Å². The molecule has 0 saturated heterocycles. The fraction of sp³-hybridized carbons (Fsp3) is 0.0408. The van der Waals surface area contributed by atoms with Gasteiger partial charge < -0.3 is 4.98 Å². The largest absolute Gasteiger partial charge is 3.00 e. The van der Waals surface area contributed by atoms with Crippen LogP contribution in [0.1, 0.15) is 11.1 Å². The Morgan fingerprint density at radius 2 is 1.04 bits per heavy atom. The first-order valence-corrected chi connectivity index (χ1v) is 17.3. The minimum Gasteiger partial charge on any atom is -0.663 e. The Kier molecular flexibility index (Phi) is 9.05. The molecule has 0 unspecified atom stereocenters. The summed E-state index contributed by atoms with van der Waals surface area (Å²) in [4.78, 5) is 9.99. The molecule has 52 heavy (non-hydrogen) atoms. The van der Waals surface area contributed by atoms with Gasteiger partial charge in [0.25, 0.3) is 0 Å². The standard InChI is InChI=1S/C49H33N2.Au/c1-32-24-33(2)43(31-42(32)40-25-38(35-16-8-4-9-17-35)26-41(27-40)47-20-12-13-23-50-47)45-29-39(36-18-10-5-11-19-36)30-46-44-28-37(34-14-6-3-7-15-34)21-22-48(44)51-49(45)46;/h3-26,28-30H,1-2H3;/q-3;+3. The van der Waals surface area contributed by atoms with E-state index < -0.39 is 0 Å². The first-order chi connectivity index (χ1) is 25.1. The number of hydrogen-bond donors (Lipinski definition) is 0. The van der Waals surface area contributed by atoms with Crippen LogP contribution in [0.4, 0.5) is 0 Å². The second-order valence-corrected chi connectivity index (χ2v) is 13.2. The Morgan fingerprint density at radius 1 is 0.462 bits per heavy atom. The summed E-state index contributed by atoms with van der Waals surface area (Å²) in [6, 6.07) is 63.3. The fourth-order valence-electron chi connectivity index (χ4n) is 7.24. The molecule has 9 aromatic rings. The van der Waals surface area contributed by atoms with Gasteiger partial charge in [0.1, 0.15) is 0 Å².